The van der Waals surface area contributed by atoms with Crippen LogP contribution in [0.25, 0.3) is 11.3 Å². The molecular formula is C11H9NO3. The van der Waals surface area contributed by atoms with Gasteiger partial charge in [0.15, 0.2) is 12.0 Å². The van der Waals surface area contributed by atoms with Crippen molar-refractivity contribution in [2.45, 2.75) is 0 Å². The van der Waals surface area contributed by atoms with Gasteiger partial charge in [0.1, 0.15) is 11.4 Å². The van der Waals surface area contributed by atoms with Gasteiger partial charge in [-0.15, -0.1) is 0 Å². The van der Waals surface area contributed by atoms with Crippen LogP contribution < -0.4 is 4.74 Å². The Morgan fingerprint density at radius 2 is 2.07 bits per heavy atom. The number of nitrogens with zero attached hydrogens (tertiary/aromatic N) is 1. The number of aldehydes is 1. The lowest BCUT2D eigenvalue weighted by Crippen LogP contribution is -1.81. The van der Waals surface area contributed by atoms with Crippen LogP contribution in [0.3, 0.4) is 0 Å². The van der Waals surface area contributed by atoms with Crippen molar-refractivity contribution in [1.82, 2.24) is 5.16 Å². The molecule has 0 aliphatic carbocycles. The topological polar surface area (TPSA) is 52.3 Å². The number of hydrogen-bond acceptors (Lipinski definition) is 4. The Balaban J connectivity index is 2.32. The zero-order chi connectivity index (χ0) is 10.7. The van der Waals surface area contributed by atoms with Crippen LogP contribution in [0.2, 0.25) is 0 Å². The second kappa shape index (κ2) is 3.96. The highest BCUT2D eigenvalue weighted by Crippen LogP contribution is 2.22. The molecule has 0 fully saturated rings. The number of aromatic nitrogens is 1. The molecule has 76 valence electrons. The van der Waals surface area contributed by atoms with Gasteiger partial charge in [0.25, 0.3) is 0 Å². The van der Waals surface area contributed by atoms with E-state index in [9.17, 15) is 4.79 Å². The van der Waals surface area contributed by atoms with Crippen LogP contribution >= 0.6 is 0 Å². The van der Waals surface area contributed by atoms with E-state index in [0.717, 1.165) is 11.3 Å². The molecule has 0 aliphatic rings. The standard InChI is InChI=1S/C11H9NO3/c1-14-10-4-2-8(3-5-10)11-6-9(7-13)12-15-11/h2-7H,1H3. The lowest BCUT2D eigenvalue weighted by molar-refractivity contribution is 0.111. The Morgan fingerprint density at radius 1 is 1.33 bits per heavy atom. The van der Waals surface area contributed by atoms with E-state index < -0.39 is 0 Å². The zero-order valence-corrected chi connectivity index (χ0v) is 8.14. The maximum absolute atomic E-state index is 10.4. The summed E-state index contributed by atoms with van der Waals surface area (Å²) in [7, 11) is 1.61. The molecule has 4 heteroatoms. The fourth-order valence-corrected chi connectivity index (χ4v) is 1.24. The van der Waals surface area contributed by atoms with Gasteiger partial charge < -0.3 is 9.26 Å². The molecule has 0 radical (unpaired) electrons. The molecule has 4 nitrogen and oxygen atoms in total. The van der Waals surface area contributed by atoms with Crippen molar-refractivity contribution >= 4 is 6.29 Å². The molecule has 15 heavy (non-hydrogen) atoms. The third-order valence-electron chi connectivity index (χ3n) is 2.02. The summed E-state index contributed by atoms with van der Waals surface area (Å²) in [4.78, 5) is 10.4. The predicted octanol–water partition coefficient (Wildman–Crippen LogP) is 2.16. The van der Waals surface area contributed by atoms with E-state index in [2.05, 4.69) is 5.16 Å². The summed E-state index contributed by atoms with van der Waals surface area (Å²) in [6, 6.07) is 8.91. The fourth-order valence-electron chi connectivity index (χ4n) is 1.24. The molecular weight excluding hydrogens is 194 g/mol. The Kier molecular flexibility index (Phi) is 2.49. The van der Waals surface area contributed by atoms with Crippen molar-refractivity contribution in [3.8, 4) is 17.1 Å². The average molecular weight is 203 g/mol. The highest BCUT2D eigenvalue weighted by molar-refractivity contribution is 5.74. The molecule has 0 N–H and O–H groups in total. The number of ether oxygens (including phenoxy) is 1. The third kappa shape index (κ3) is 1.88. The smallest absolute Gasteiger partial charge is 0.171 e. The van der Waals surface area contributed by atoms with Crippen LogP contribution in [-0.4, -0.2) is 18.6 Å². The summed E-state index contributed by atoms with van der Waals surface area (Å²) in [5.74, 6) is 1.34. The first-order valence-electron chi connectivity index (χ1n) is 4.40. The molecule has 0 spiro atoms. The van der Waals surface area contributed by atoms with Crippen molar-refractivity contribution in [1.29, 1.82) is 0 Å². The van der Waals surface area contributed by atoms with Crippen LogP contribution in [0.4, 0.5) is 0 Å². The SMILES string of the molecule is COc1ccc(-c2cc(C=O)no2)cc1. The van der Waals surface area contributed by atoms with Gasteiger partial charge in [-0.2, -0.15) is 0 Å². The normalized spacial score (nSPS) is 9.93. The molecule has 0 unspecified atom stereocenters. The highest BCUT2D eigenvalue weighted by Gasteiger charge is 2.05. The van der Waals surface area contributed by atoms with Gasteiger partial charge in [0, 0.05) is 11.6 Å². The van der Waals surface area contributed by atoms with Crippen LogP contribution in [0.15, 0.2) is 34.9 Å². The van der Waals surface area contributed by atoms with Crippen LogP contribution in [0, 0.1) is 0 Å². The number of benzene rings is 1. The number of carbonyl (C=O) groups excluding carboxylic acids is 1. The van der Waals surface area contributed by atoms with Gasteiger partial charge in [0.2, 0.25) is 0 Å². The Hall–Kier alpha value is -2.10. The lowest BCUT2D eigenvalue weighted by Gasteiger charge is -1.99. The van der Waals surface area contributed by atoms with E-state index in [-0.39, 0.29) is 0 Å². The molecule has 0 bridgehead atoms. The number of rotatable bonds is 3. The second-order valence-corrected chi connectivity index (χ2v) is 2.96. The monoisotopic (exact) mass is 203 g/mol. The third-order valence-corrected chi connectivity index (χ3v) is 2.02. The first-order valence-corrected chi connectivity index (χ1v) is 4.40. The van der Waals surface area contributed by atoms with Gasteiger partial charge in [-0.25, -0.2) is 0 Å². The number of hydrogen-bond donors (Lipinski definition) is 0. The summed E-state index contributed by atoms with van der Waals surface area (Å²) >= 11 is 0. The maximum atomic E-state index is 10.4. The fraction of sp³-hybridized carbons (Fsp3) is 0.0909. The van der Waals surface area contributed by atoms with E-state index in [4.69, 9.17) is 9.26 Å². The molecule has 1 heterocycles. The minimum absolute atomic E-state index is 0.292. The molecule has 0 saturated heterocycles. The minimum atomic E-state index is 0.292. The van der Waals surface area contributed by atoms with Crippen molar-refractivity contribution < 1.29 is 14.1 Å². The molecule has 0 saturated carbocycles. The summed E-state index contributed by atoms with van der Waals surface area (Å²) in [6.45, 7) is 0. The number of carbonyl (C=O) groups is 1. The van der Waals surface area contributed by atoms with Crippen LogP contribution in [0.5, 0.6) is 5.75 Å². The lowest BCUT2D eigenvalue weighted by atomic mass is 10.1. The molecule has 2 aromatic rings. The largest absolute Gasteiger partial charge is 0.497 e. The molecule has 1 aromatic heterocycles. The summed E-state index contributed by atoms with van der Waals surface area (Å²) in [5, 5.41) is 3.58. The molecule has 0 atom stereocenters. The summed E-state index contributed by atoms with van der Waals surface area (Å²) in [5.41, 5.74) is 1.15. The Morgan fingerprint density at radius 3 is 2.60 bits per heavy atom. The first kappa shape index (κ1) is 9.45. The van der Waals surface area contributed by atoms with E-state index in [0.29, 0.717) is 17.7 Å². The Labute approximate surface area is 86.5 Å². The van der Waals surface area contributed by atoms with Gasteiger partial charge in [-0.05, 0) is 24.3 Å². The van der Waals surface area contributed by atoms with E-state index >= 15 is 0 Å². The van der Waals surface area contributed by atoms with Crippen molar-refractivity contribution in [2.24, 2.45) is 0 Å². The molecule has 2 rings (SSSR count). The predicted molar refractivity (Wildman–Crippen MR) is 53.9 cm³/mol. The molecule has 0 aliphatic heterocycles. The van der Waals surface area contributed by atoms with Gasteiger partial charge in [-0.1, -0.05) is 5.16 Å². The van der Waals surface area contributed by atoms with Gasteiger partial charge >= 0.3 is 0 Å². The first-order chi connectivity index (χ1) is 7.33. The minimum Gasteiger partial charge on any atom is -0.497 e. The summed E-state index contributed by atoms with van der Waals surface area (Å²) in [6.07, 6.45) is 0.649. The van der Waals surface area contributed by atoms with Crippen LogP contribution in [0.1, 0.15) is 10.5 Å². The van der Waals surface area contributed by atoms with Gasteiger partial charge in [0.05, 0.1) is 7.11 Å². The van der Waals surface area contributed by atoms with Crippen molar-refractivity contribution in [3.63, 3.8) is 0 Å². The van der Waals surface area contributed by atoms with Crippen LogP contribution in [-0.2, 0) is 0 Å². The van der Waals surface area contributed by atoms with Gasteiger partial charge in [-0.3, -0.25) is 4.79 Å². The highest BCUT2D eigenvalue weighted by atomic mass is 16.5. The summed E-state index contributed by atoms with van der Waals surface area (Å²) < 4.78 is 10.0. The zero-order valence-electron chi connectivity index (χ0n) is 8.14. The molecule has 0 amide bonds. The Bertz CT molecular complexity index is 459. The van der Waals surface area contributed by atoms with E-state index in [1.165, 1.54) is 0 Å². The number of methoxy groups -OCH3 is 1. The average Bonchev–Trinajstić information content (AvgIpc) is 2.78. The quantitative estimate of drug-likeness (QED) is 0.717. The van der Waals surface area contributed by atoms with Crippen molar-refractivity contribution in [2.75, 3.05) is 7.11 Å². The molecule has 1 aromatic carbocycles. The second-order valence-electron chi connectivity index (χ2n) is 2.96. The van der Waals surface area contributed by atoms with E-state index in [1.807, 2.05) is 24.3 Å². The van der Waals surface area contributed by atoms with Crippen molar-refractivity contribution in [3.05, 3.63) is 36.0 Å². The van der Waals surface area contributed by atoms with E-state index in [1.54, 1.807) is 13.2 Å². The maximum Gasteiger partial charge on any atom is 0.171 e.